The Balaban J connectivity index is 1.93. The molecular weight excluding hydrogens is 278 g/mol. The minimum absolute atomic E-state index is 0.0826. The molecule has 1 aromatic heterocycles. The Labute approximate surface area is 128 Å². The highest BCUT2D eigenvalue weighted by molar-refractivity contribution is 6.07. The van der Waals surface area contributed by atoms with Gasteiger partial charge in [-0.2, -0.15) is 0 Å². The first-order valence-electron chi connectivity index (χ1n) is 6.93. The molecule has 0 saturated heterocycles. The third-order valence-electron chi connectivity index (χ3n) is 3.72. The predicted molar refractivity (Wildman–Crippen MR) is 86.4 cm³/mol. The van der Waals surface area contributed by atoms with Crippen molar-refractivity contribution in [3.05, 3.63) is 54.4 Å². The zero-order valence-electron chi connectivity index (χ0n) is 12.8. The van der Waals surface area contributed by atoms with Crippen LogP contribution in [-0.4, -0.2) is 29.6 Å². The molecule has 0 radical (unpaired) electrons. The Morgan fingerprint density at radius 2 is 2.05 bits per heavy atom. The number of imidazole rings is 1. The Hall–Kier alpha value is -2.82. The van der Waals surface area contributed by atoms with E-state index in [0.717, 1.165) is 22.5 Å². The first-order chi connectivity index (χ1) is 10.6. The summed E-state index contributed by atoms with van der Waals surface area (Å²) >= 11 is 0. The molecule has 0 fully saturated rings. The molecule has 1 amide bonds. The van der Waals surface area contributed by atoms with Crippen LogP contribution in [0.2, 0.25) is 0 Å². The smallest absolute Gasteiger partial charge is 0.258 e. The van der Waals surface area contributed by atoms with Crippen LogP contribution in [0.1, 0.15) is 10.4 Å². The van der Waals surface area contributed by atoms with Crippen molar-refractivity contribution in [3.63, 3.8) is 0 Å². The van der Waals surface area contributed by atoms with E-state index in [1.54, 1.807) is 25.4 Å². The van der Waals surface area contributed by atoms with Crippen molar-refractivity contribution in [2.75, 3.05) is 19.1 Å². The standard InChI is InChI=1S/C17H17N3O2/c1-19-11-18-15-9-12(7-8-16(15)19)17(21)20(2)13-5-4-6-14(10-13)22-3/h4-11H,1-3H3. The van der Waals surface area contributed by atoms with Crippen LogP contribution in [0.25, 0.3) is 11.0 Å². The van der Waals surface area contributed by atoms with Gasteiger partial charge in [0.25, 0.3) is 5.91 Å². The molecule has 0 aliphatic carbocycles. The molecule has 22 heavy (non-hydrogen) atoms. The maximum atomic E-state index is 12.6. The van der Waals surface area contributed by atoms with Gasteiger partial charge in [0.2, 0.25) is 0 Å². The molecule has 0 atom stereocenters. The Morgan fingerprint density at radius 3 is 2.82 bits per heavy atom. The number of hydrogen-bond acceptors (Lipinski definition) is 3. The number of nitrogens with zero attached hydrogens (tertiary/aromatic N) is 3. The van der Waals surface area contributed by atoms with Gasteiger partial charge in [-0.3, -0.25) is 4.79 Å². The van der Waals surface area contributed by atoms with Crippen molar-refractivity contribution < 1.29 is 9.53 Å². The molecule has 2 aromatic carbocycles. The van der Waals surface area contributed by atoms with E-state index in [0.29, 0.717) is 5.56 Å². The molecule has 0 spiro atoms. The summed E-state index contributed by atoms with van der Waals surface area (Å²) in [7, 11) is 5.29. The average molecular weight is 295 g/mol. The van der Waals surface area contributed by atoms with Crippen LogP contribution in [0.4, 0.5) is 5.69 Å². The summed E-state index contributed by atoms with van der Waals surface area (Å²) in [5, 5.41) is 0. The van der Waals surface area contributed by atoms with Crippen LogP contribution in [0.5, 0.6) is 5.75 Å². The van der Waals surface area contributed by atoms with E-state index < -0.39 is 0 Å². The molecule has 0 aliphatic rings. The number of carbonyl (C=O) groups is 1. The number of rotatable bonds is 3. The second-order valence-electron chi connectivity index (χ2n) is 5.12. The van der Waals surface area contributed by atoms with Gasteiger partial charge in [-0.25, -0.2) is 4.98 Å². The van der Waals surface area contributed by atoms with Crippen LogP contribution in [-0.2, 0) is 7.05 Å². The number of aromatic nitrogens is 2. The van der Waals surface area contributed by atoms with Crippen molar-refractivity contribution in [2.24, 2.45) is 7.05 Å². The molecule has 0 bridgehead atoms. The second kappa shape index (κ2) is 5.52. The summed E-state index contributed by atoms with van der Waals surface area (Å²) in [5.41, 5.74) is 3.20. The summed E-state index contributed by atoms with van der Waals surface area (Å²) in [6.45, 7) is 0. The molecule has 0 aliphatic heterocycles. The lowest BCUT2D eigenvalue weighted by molar-refractivity contribution is 0.0993. The van der Waals surface area contributed by atoms with E-state index in [1.807, 2.05) is 54.1 Å². The number of methoxy groups -OCH3 is 1. The van der Waals surface area contributed by atoms with E-state index in [-0.39, 0.29) is 5.91 Å². The highest BCUT2D eigenvalue weighted by Gasteiger charge is 2.15. The second-order valence-corrected chi connectivity index (χ2v) is 5.12. The van der Waals surface area contributed by atoms with Crippen molar-refractivity contribution in [2.45, 2.75) is 0 Å². The highest BCUT2D eigenvalue weighted by atomic mass is 16.5. The van der Waals surface area contributed by atoms with Crippen molar-refractivity contribution >= 4 is 22.6 Å². The van der Waals surface area contributed by atoms with E-state index in [2.05, 4.69) is 4.98 Å². The largest absolute Gasteiger partial charge is 0.497 e. The van der Waals surface area contributed by atoms with Crippen LogP contribution < -0.4 is 9.64 Å². The topological polar surface area (TPSA) is 47.4 Å². The van der Waals surface area contributed by atoms with E-state index in [9.17, 15) is 4.79 Å². The van der Waals surface area contributed by atoms with Crippen molar-refractivity contribution in [1.29, 1.82) is 0 Å². The fourth-order valence-electron chi connectivity index (χ4n) is 2.40. The summed E-state index contributed by atoms with van der Waals surface area (Å²) < 4.78 is 7.13. The van der Waals surface area contributed by atoms with Gasteiger partial charge in [-0.15, -0.1) is 0 Å². The lowest BCUT2D eigenvalue weighted by Crippen LogP contribution is -2.26. The minimum Gasteiger partial charge on any atom is -0.497 e. The molecule has 0 N–H and O–H groups in total. The summed E-state index contributed by atoms with van der Waals surface area (Å²) in [6.07, 6.45) is 1.74. The molecule has 3 aromatic rings. The molecule has 1 heterocycles. The third kappa shape index (κ3) is 2.41. The molecule has 112 valence electrons. The van der Waals surface area contributed by atoms with E-state index in [1.165, 1.54) is 0 Å². The SMILES string of the molecule is COc1cccc(N(C)C(=O)c2ccc3c(c2)ncn3C)c1. The van der Waals surface area contributed by atoms with Gasteiger partial charge in [0.15, 0.2) is 0 Å². The fraction of sp³-hybridized carbons (Fsp3) is 0.176. The Kier molecular flexibility index (Phi) is 3.55. The summed E-state index contributed by atoms with van der Waals surface area (Å²) in [5.74, 6) is 0.637. The fourth-order valence-corrected chi connectivity index (χ4v) is 2.40. The number of amides is 1. The van der Waals surface area contributed by atoms with Crippen LogP contribution in [0.3, 0.4) is 0 Å². The van der Waals surface area contributed by atoms with Crippen molar-refractivity contribution in [3.8, 4) is 5.75 Å². The average Bonchev–Trinajstić information content (AvgIpc) is 2.94. The van der Waals surface area contributed by atoms with Gasteiger partial charge in [-0.1, -0.05) is 6.07 Å². The van der Waals surface area contributed by atoms with Crippen molar-refractivity contribution in [1.82, 2.24) is 9.55 Å². The van der Waals surface area contributed by atoms with Crippen LogP contribution in [0.15, 0.2) is 48.8 Å². The van der Waals surface area contributed by atoms with Gasteiger partial charge in [0, 0.05) is 31.4 Å². The van der Waals surface area contributed by atoms with E-state index in [4.69, 9.17) is 4.74 Å². The van der Waals surface area contributed by atoms with Crippen LogP contribution in [0, 0.1) is 0 Å². The maximum Gasteiger partial charge on any atom is 0.258 e. The zero-order valence-corrected chi connectivity index (χ0v) is 12.8. The van der Waals surface area contributed by atoms with Crippen LogP contribution >= 0.6 is 0 Å². The maximum absolute atomic E-state index is 12.6. The number of hydrogen-bond donors (Lipinski definition) is 0. The number of anilines is 1. The highest BCUT2D eigenvalue weighted by Crippen LogP contribution is 2.22. The number of fused-ring (bicyclic) bond motifs is 1. The quantitative estimate of drug-likeness (QED) is 0.746. The first kappa shape index (κ1) is 14.1. The Bertz CT molecular complexity index is 839. The minimum atomic E-state index is -0.0826. The van der Waals surface area contributed by atoms with Gasteiger partial charge in [0.05, 0.1) is 24.5 Å². The molecule has 0 unspecified atom stereocenters. The van der Waals surface area contributed by atoms with Gasteiger partial charge < -0.3 is 14.2 Å². The zero-order chi connectivity index (χ0) is 15.7. The third-order valence-corrected chi connectivity index (χ3v) is 3.72. The van der Waals surface area contributed by atoms with E-state index >= 15 is 0 Å². The molecule has 3 rings (SSSR count). The Morgan fingerprint density at radius 1 is 1.23 bits per heavy atom. The number of aryl methyl sites for hydroxylation is 1. The van der Waals surface area contributed by atoms with Gasteiger partial charge in [0.1, 0.15) is 5.75 Å². The monoisotopic (exact) mass is 295 g/mol. The van der Waals surface area contributed by atoms with Gasteiger partial charge >= 0.3 is 0 Å². The molecule has 0 saturated carbocycles. The van der Waals surface area contributed by atoms with Gasteiger partial charge in [-0.05, 0) is 30.3 Å². The normalized spacial score (nSPS) is 10.7. The summed E-state index contributed by atoms with van der Waals surface area (Å²) in [4.78, 5) is 18.5. The lowest BCUT2D eigenvalue weighted by Gasteiger charge is -2.18. The molecular formula is C17H17N3O2. The summed E-state index contributed by atoms with van der Waals surface area (Å²) in [6, 6.07) is 13.0. The predicted octanol–water partition coefficient (Wildman–Crippen LogP) is 2.86. The number of benzene rings is 2. The lowest BCUT2D eigenvalue weighted by atomic mass is 10.1. The molecule has 5 nitrogen and oxygen atoms in total. The molecule has 5 heteroatoms. The number of ether oxygens (including phenoxy) is 1. The first-order valence-corrected chi connectivity index (χ1v) is 6.93. The number of carbonyl (C=O) groups excluding carboxylic acids is 1.